The van der Waals surface area contributed by atoms with Crippen LogP contribution in [0.5, 0.6) is 0 Å². The lowest BCUT2D eigenvalue weighted by Crippen LogP contribution is -2.45. The molecule has 0 spiro atoms. The fraction of sp³-hybridized carbons (Fsp3) is 0.375. The SMILES string of the molecule is CCCC(=O)NN1C(=O)C=CC1=O. The van der Waals surface area contributed by atoms with Crippen LogP contribution in [-0.4, -0.2) is 22.7 Å². The first-order valence-electron chi connectivity index (χ1n) is 4.00. The van der Waals surface area contributed by atoms with Gasteiger partial charge in [-0.05, 0) is 6.42 Å². The second-order valence-electron chi connectivity index (χ2n) is 2.63. The third kappa shape index (κ3) is 2.14. The van der Waals surface area contributed by atoms with Crippen LogP contribution < -0.4 is 5.43 Å². The van der Waals surface area contributed by atoms with E-state index in [1.54, 1.807) is 0 Å². The van der Waals surface area contributed by atoms with E-state index in [4.69, 9.17) is 0 Å². The summed E-state index contributed by atoms with van der Waals surface area (Å²) in [6, 6.07) is 0. The highest BCUT2D eigenvalue weighted by Crippen LogP contribution is 2.00. The molecule has 0 aromatic rings. The molecule has 1 aliphatic heterocycles. The van der Waals surface area contributed by atoms with Crippen molar-refractivity contribution in [1.29, 1.82) is 0 Å². The molecule has 1 rings (SSSR count). The van der Waals surface area contributed by atoms with Crippen molar-refractivity contribution in [2.24, 2.45) is 0 Å². The molecule has 0 bridgehead atoms. The highest BCUT2D eigenvalue weighted by Gasteiger charge is 2.24. The van der Waals surface area contributed by atoms with Gasteiger partial charge in [-0.2, -0.15) is 5.01 Å². The smallest absolute Gasteiger partial charge is 0.272 e. The number of nitrogens with zero attached hydrogens (tertiary/aromatic N) is 1. The molecule has 5 heteroatoms. The minimum atomic E-state index is -0.505. The molecule has 0 atom stereocenters. The molecule has 0 aromatic heterocycles. The van der Waals surface area contributed by atoms with E-state index in [0.29, 0.717) is 17.9 Å². The molecule has 3 amide bonds. The first-order valence-corrected chi connectivity index (χ1v) is 4.00. The molecular weight excluding hydrogens is 172 g/mol. The van der Waals surface area contributed by atoms with Gasteiger partial charge < -0.3 is 0 Å². The average molecular weight is 182 g/mol. The Kier molecular flexibility index (Phi) is 2.79. The Bertz CT molecular complexity index is 265. The van der Waals surface area contributed by atoms with Crippen molar-refractivity contribution in [3.8, 4) is 0 Å². The van der Waals surface area contributed by atoms with Crippen LogP contribution >= 0.6 is 0 Å². The lowest BCUT2D eigenvalue weighted by Gasteiger charge is -2.13. The van der Waals surface area contributed by atoms with Crippen molar-refractivity contribution in [1.82, 2.24) is 10.4 Å². The van der Waals surface area contributed by atoms with Gasteiger partial charge in [-0.25, -0.2) is 0 Å². The summed E-state index contributed by atoms with van der Waals surface area (Å²) in [5.41, 5.74) is 2.21. The largest absolute Gasteiger partial charge is 0.273 e. The van der Waals surface area contributed by atoms with Gasteiger partial charge in [0.1, 0.15) is 0 Å². The fourth-order valence-corrected chi connectivity index (χ4v) is 0.918. The van der Waals surface area contributed by atoms with Gasteiger partial charge >= 0.3 is 0 Å². The molecule has 0 unspecified atom stereocenters. The number of nitrogens with one attached hydrogen (secondary N) is 1. The summed E-state index contributed by atoms with van der Waals surface area (Å²) >= 11 is 0. The number of hydrogen-bond donors (Lipinski definition) is 1. The molecule has 13 heavy (non-hydrogen) atoms. The van der Waals surface area contributed by atoms with Gasteiger partial charge in [-0.15, -0.1) is 0 Å². The highest BCUT2D eigenvalue weighted by atomic mass is 16.2. The molecule has 70 valence electrons. The van der Waals surface area contributed by atoms with Crippen molar-refractivity contribution in [2.75, 3.05) is 0 Å². The van der Waals surface area contributed by atoms with E-state index >= 15 is 0 Å². The van der Waals surface area contributed by atoms with Crippen LogP contribution in [0.2, 0.25) is 0 Å². The van der Waals surface area contributed by atoms with Gasteiger partial charge in [-0.3, -0.25) is 19.8 Å². The lowest BCUT2D eigenvalue weighted by molar-refractivity contribution is -0.146. The predicted molar refractivity (Wildman–Crippen MR) is 44.0 cm³/mol. The van der Waals surface area contributed by atoms with Crippen molar-refractivity contribution in [2.45, 2.75) is 19.8 Å². The van der Waals surface area contributed by atoms with E-state index in [-0.39, 0.29) is 5.91 Å². The molecule has 0 aromatic carbocycles. The third-order valence-electron chi connectivity index (χ3n) is 1.52. The number of rotatable bonds is 3. The summed E-state index contributed by atoms with van der Waals surface area (Å²) in [4.78, 5) is 32.9. The summed E-state index contributed by atoms with van der Waals surface area (Å²) in [7, 11) is 0. The van der Waals surface area contributed by atoms with E-state index in [0.717, 1.165) is 12.2 Å². The number of amides is 3. The van der Waals surface area contributed by atoms with Crippen molar-refractivity contribution in [3.05, 3.63) is 12.2 Å². The fourth-order valence-electron chi connectivity index (χ4n) is 0.918. The van der Waals surface area contributed by atoms with Crippen LogP contribution in [-0.2, 0) is 14.4 Å². The monoisotopic (exact) mass is 182 g/mol. The maximum absolute atomic E-state index is 11.0. The second kappa shape index (κ2) is 3.84. The van der Waals surface area contributed by atoms with Crippen LogP contribution in [0.3, 0.4) is 0 Å². The highest BCUT2D eigenvalue weighted by molar-refractivity contribution is 6.13. The first kappa shape index (κ1) is 9.44. The van der Waals surface area contributed by atoms with Crippen molar-refractivity contribution >= 4 is 17.7 Å². The number of carbonyl (C=O) groups is 3. The Morgan fingerprint density at radius 1 is 1.38 bits per heavy atom. The van der Waals surface area contributed by atoms with Gasteiger partial charge in [0.2, 0.25) is 5.91 Å². The molecule has 0 aliphatic carbocycles. The van der Waals surface area contributed by atoms with Gasteiger partial charge in [-0.1, -0.05) is 6.92 Å². The Hall–Kier alpha value is -1.65. The maximum atomic E-state index is 11.0. The molecule has 0 radical (unpaired) electrons. The zero-order valence-electron chi connectivity index (χ0n) is 7.24. The number of imide groups is 1. The number of hydrazine groups is 1. The minimum absolute atomic E-state index is 0.303. The maximum Gasteiger partial charge on any atom is 0.272 e. The molecule has 0 saturated heterocycles. The zero-order chi connectivity index (χ0) is 9.84. The Labute approximate surface area is 75.4 Å². The lowest BCUT2D eigenvalue weighted by atomic mass is 10.3. The third-order valence-corrected chi connectivity index (χ3v) is 1.52. The predicted octanol–water partition coefficient (Wildman–Crippen LogP) is -0.257. The topological polar surface area (TPSA) is 66.5 Å². The molecule has 1 heterocycles. The van der Waals surface area contributed by atoms with Gasteiger partial charge in [0.25, 0.3) is 11.8 Å². The Morgan fingerprint density at radius 3 is 2.38 bits per heavy atom. The van der Waals surface area contributed by atoms with Gasteiger partial charge in [0.05, 0.1) is 0 Å². The molecular formula is C8H10N2O3. The zero-order valence-corrected chi connectivity index (χ0v) is 7.24. The molecule has 1 aliphatic rings. The van der Waals surface area contributed by atoms with Crippen LogP contribution in [0.4, 0.5) is 0 Å². The summed E-state index contributed by atoms with van der Waals surface area (Å²) in [6.45, 7) is 1.84. The van der Waals surface area contributed by atoms with E-state index in [2.05, 4.69) is 5.43 Å². The summed E-state index contributed by atoms with van der Waals surface area (Å²) in [5.74, 6) is -1.34. The summed E-state index contributed by atoms with van der Waals surface area (Å²) in [6.07, 6.45) is 3.22. The Morgan fingerprint density at radius 2 is 1.92 bits per heavy atom. The molecule has 0 fully saturated rings. The van der Waals surface area contributed by atoms with Crippen LogP contribution in [0.25, 0.3) is 0 Å². The van der Waals surface area contributed by atoms with Gasteiger partial charge in [0.15, 0.2) is 0 Å². The van der Waals surface area contributed by atoms with E-state index < -0.39 is 11.8 Å². The minimum Gasteiger partial charge on any atom is -0.273 e. The van der Waals surface area contributed by atoms with Gasteiger partial charge in [0, 0.05) is 18.6 Å². The van der Waals surface area contributed by atoms with Crippen LogP contribution in [0.15, 0.2) is 12.2 Å². The quantitative estimate of drug-likeness (QED) is 0.611. The van der Waals surface area contributed by atoms with E-state index in [9.17, 15) is 14.4 Å². The molecule has 5 nitrogen and oxygen atoms in total. The standard InChI is InChI=1S/C8H10N2O3/c1-2-3-6(11)9-10-7(12)4-5-8(10)13/h4-5H,2-3H2,1H3,(H,9,11). The van der Waals surface area contributed by atoms with Crippen molar-refractivity contribution < 1.29 is 14.4 Å². The van der Waals surface area contributed by atoms with Crippen LogP contribution in [0.1, 0.15) is 19.8 Å². The van der Waals surface area contributed by atoms with Crippen LogP contribution in [0, 0.1) is 0 Å². The Balaban J connectivity index is 2.50. The first-order chi connectivity index (χ1) is 6.15. The molecule has 1 N–H and O–H groups in total. The number of carbonyl (C=O) groups excluding carboxylic acids is 3. The number of hydrogen-bond acceptors (Lipinski definition) is 3. The summed E-state index contributed by atoms with van der Waals surface area (Å²) < 4.78 is 0. The average Bonchev–Trinajstić information content (AvgIpc) is 2.36. The van der Waals surface area contributed by atoms with Crippen molar-refractivity contribution in [3.63, 3.8) is 0 Å². The summed E-state index contributed by atoms with van der Waals surface area (Å²) in [5, 5.41) is 0.706. The second-order valence-corrected chi connectivity index (χ2v) is 2.63. The van der Waals surface area contributed by atoms with E-state index in [1.165, 1.54) is 0 Å². The molecule has 0 saturated carbocycles. The van der Waals surface area contributed by atoms with E-state index in [1.807, 2.05) is 6.92 Å². The normalized spacial score (nSPS) is 15.3.